The van der Waals surface area contributed by atoms with E-state index < -0.39 is 5.60 Å². The molecular formula is C12H22N2O. The van der Waals surface area contributed by atoms with Crippen molar-refractivity contribution in [1.29, 1.82) is 0 Å². The Morgan fingerprint density at radius 3 is 2.53 bits per heavy atom. The van der Waals surface area contributed by atoms with Crippen LogP contribution < -0.4 is 5.32 Å². The van der Waals surface area contributed by atoms with Gasteiger partial charge < -0.3 is 10.4 Å². The smallest absolute Gasteiger partial charge is 0.0715 e. The van der Waals surface area contributed by atoms with E-state index in [2.05, 4.69) is 16.1 Å². The second kappa shape index (κ2) is 5.50. The van der Waals surface area contributed by atoms with Crippen molar-refractivity contribution in [3.63, 3.8) is 0 Å². The molecule has 1 heterocycles. The van der Waals surface area contributed by atoms with Gasteiger partial charge in [0.25, 0.3) is 0 Å². The van der Waals surface area contributed by atoms with Crippen molar-refractivity contribution in [3.05, 3.63) is 0 Å². The molecule has 1 saturated heterocycles. The van der Waals surface area contributed by atoms with E-state index in [-0.39, 0.29) is 0 Å². The predicted octanol–water partition coefficient (Wildman–Crippen LogP) is 0.444. The number of likely N-dealkylation sites (tertiary alicyclic amines) is 1. The summed E-state index contributed by atoms with van der Waals surface area (Å²) >= 11 is 0. The average Bonchev–Trinajstić information content (AvgIpc) is 2.16. The molecule has 0 unspecified atom stereocenters. The molecule has 1 aliphatic heterocycles. The van der Waals surface area contributed by atoms with Crippen LogP contribution in [0, 0.1) is 12.3 Å². The molecule has 0 aromatic heterocycles. The summed E-state index contributed by atoms with van der Waals surface area (Å²) in [5, 5.41) is 13.0. The molecule has 3 nitrogen and oxygen atoms in total. The number of nitrogens with zero attached hydrogens (tertiary/aromatic N) is 1. The summed E-state index contributed by atoms with van der Waals surface area (Å²) < 4.78 is 0. The van der Waals surface area contributed by atoms with Crippen LogP contribution in [-0.2, 0) is 0 Å². The minimum atomic E-state index is -0.615. The quantitative estimate of drug-likeness (QED) is 0.661. The summed E-state index contributed by atoms with van der Waals surface area (Å²) in [7, 11) is 0. The lowest BCUT2D eigenvalue weighted by molar-refractivity contribution is 0.0723. The van der Waals surface area contributed by atoms with Crippen LogP contribution >= 0.6 is 0 Å². The number of hydrogen-bond donors (Lipinski definition) is 2. The predicted molar refractivity (Wildman–Crippen MR) is 62.6 cm³/mol. The number of hydrogen-bond acceptors (Lipinski definition) is 3. The Kier molecular flexibility index (Phi) is 4.59. The first-order valence-corrected chi connectivity index (χ1v) is 5.63. The van der Waals surface area contributed by atoms with Gasteiger partial charge in [-0.25, -0.2) is 0 Å². The topological polar surface area (TPSA) is 35.5 Å². The second-order valence-electron chi connectivity index (χ2n) is 4.95. The molecule has 0 amide bonds. The summed E-state index contributed by atoms with van der Waals surface area (Å²) in [6, 6.07) is 0.533. The summed E-state index contributed by atoms with van der Waals surface area (Å²) in [6.45, 7) is 7.20. The summed E-state index contributed by atoms with van der Waals surface area (Å²) in [5.41, 5.74) is -0.615. The molecule has 0 aromatic rings. The maximum absolute atomic E-state index is 9.59. The zero-order chi connectivity index (χ0) is 11.3. The average molecular weight is 210 g/mol. The highest BCUT2D eigenvalue weighted by Crippen LogP contribution is 2.10. The first-order chi connectivity index (χ1) is 7.01. The molecule has 86 valence electrons. The standard InChI is InChI=1S/C12H22N2O/c1-4-7-14-8-5-11(6-9-14)13-10-12(2,3)15/h1,11,13,15H,5-10H2,2-3H3. The van der Waals surface area contributed by atoms with Gasteiger partial charge in [-0.2, -0.15) is 0 Å². The molecule has 15 heavy (non-hydrogen) atoms. The largest absolute Gasteiger partial charge is 0.389 e. The second-order valence-corrected chi connectivity index (χ2v) is 4.95. The lowest BCUT2D eigenvalue weighted by Gasteiger charge is -2.32. The van der Waals surface area contributed by atoms with Crippen LogP contribution in [0.1, 0.15) is 26.7 Å². The lowest BCUT2D eigenvalue weighted by Crippen LogP contribution is -2.46. The molecule has 1 rings (SSSR count). The molecular weight excluding hydrogens is 188 g/mol. The zero-order valence-electron chi connectivity index (χ0n) is 9.79. The van der Waals surface area contributed by atoms with Crippen molar-refractivity contribution in [2.24, 2.45) is 0 Å². The molecule has 0 aromatic carbocycles. The van der Waals surface area contributed by atoms with Crippen molar-refractivity contribution < 1.29 is 5.11 Å². The van der Waals surface area contributed by atoms with Crippen molar-refractivity contribution in [1.82, 2.24) is 10.2 Å². The molecule has 0 bridgehead atoms. The van der Waals surface area contributed by atoms with Crippen LogP contribution in [0.5, 0.6) is 0 Å². The van der Waals surface area contributed by atoms with E-state index in [4.69, 9.17) is 6.42 Å². The van der Waals surface area contributed by atoms with Gasteiger partial charge in [0.2, 0.25) is 0 Å². The molecule has 1 aliphatic rings. The number of rotatable bonds is 4. The molecule has 0 saturated carbocycles. The molecule has 2 N–H and O–H groups in total. The maximum Gasteiger partial charge on any atom is 0.0715 e. The van der Waals surface area contributed by atoms with Crippen molar-refractivity contribution >= 4 is 0 Å². The van der Waals surface area contributed by atoms with E-state index in [9.17, 15) is 5.11 Å². The fraction of sp³-hybridized carbons (Fsp3) is 0.833. The summed E-state index contributed by atoms with van der Waals surface area (Å²) in [5.74, 6) is 2.67. The molecule has 0 atom stereocenters. The molecule has 0 radical (unpaired) electrons. The van der Waals surface area contributed by atoms with Crippen LogP contribution in [0.2, 0.25) is 0 Å². The van der Waals surface area contributed by atoms with Crippen LogP contribution in [0.25, 0.3) is 0 Å². The van der Waals surface area contributed by atoms with Crippen molar-refractivity contribution in [3.8, 4) is 12.3 Å². The van der Waals surface area contributed by atoms with E-state index in [0.717, 1.165) is 32.5 Å². The molecule has 0 aliphatic carbocycles. The van der Waals surface area contributed by atoms with Crippen LogP contribution in [0.4, 0.5) is 0 Å². The van der Waals surface area contributed by atoms with Gasteiger partial charge in [-0.1, -0.05) is 5.92 Å². The highest BCUT2D eigenvalue weighted by Gasteiger charge is 2.20. The Labute approximate surface area is 92.9 Å². The third kappa shape index (κ3) is 5.17. The van der Waals surface area contributed by atoms with Crippen molar-refractivity contribution in [2.45, 2.75) is 38.3 Å². The zero-order valence-corrected chi connectivity index (χ0v) is 9.79. The van der Waals surface area contributed by atoms with Crippen LogP contribution in [0.3, 0.4) is 0 Å². The maximum atomic E-state index is 9.59. The van der Waals surface area contributed by atoms with Gasteiger partial charge in [0.1, 0.15) is 0 Å². The lowest BCUT2D eigenvalue weighted by atomic mass is 10.0. The van der Waals surface area contributed by atoms with Gasteiger partial charge in [0, 0.05) is 25.7 Å². The highest BCUT2D eigenvalue weighted by atomic mass is 16.3. The van der Waals surface area contributed by atoms with E-state index in [1.807, 2.05) is 13.8 Å². The molecule has 3 heteroatoms. The third-order valence-electron chi connectivity index (χ3n) is 2.73. The Hall–Kier alpha value is -0.560. The van der Waals surface area contributed by atoms with Gasteiger partial charge in [0.05, 0.1) is 12.1 Å². The van der Waals surface area contributed by atoms with Crippen LogP contribution in [-0.4, -0.2) is 47.8 Å². The number of terminal acetylenes is 1. The Morgan fingerprint density at radius 1 is 1.47 bits per heavy atom. The fourth-order valence-electron chi connectivity index (χ4n) is 1.82. The molecule has 0 spiro atoms. The first kappa shape index (κ1) is 12.5. The first-order valence-electron chi connectivity index (χ1n) is 5.63. The van der Waals surface area contributed by atoms with Crippen molar-refractivity contribution in [2.75, 3.05) is 26.2 Å². The van der Waals surface area contributed by atoms with E-state index >= 15 is 0 Å². The van der Waals surface area contributed by atoms with Gasteiger partial charge >= 0.3 is 0 Å². The number of nitrogens with one attached hydrogen (secondary N) is 1. The Balaban J connectivity index is 2.18. The van der Waals surface area contributed by atoms with E-state index in [1.165, 1.54) is 0 Å². The van der Waals surface area contributed by atoms with Gasteiger partial charge in [-0.15, -0.1) is 6.42 Å². The Morgan fingerprint density at radius 2 is 2.07 bits per heavy atom. The fourth-order valence-corrected chi connectivity index (χ4v) is 1.82. The minimum Gasteiger partial charge on any atom is -0.389 e. The highest BCUT2D eigenvalue weighted by molar-refractivity contribution is 4.90. The van der Waals surface area contributed by atoms with E-state index in [1.54, 1.807) is 0 Å². The van der Waals surface area contributed by atoms with Gasteiger partial charge in [-0.05, 0) is 26.7 Å². The van der Waals surface area contributed by atoms with Gasteiger partial charge in [-0.3, -0.25) is 4.90 Å². The van der Waals surface area contributed by atoms with Gasteiger partial charge in [0.15, 0.2) is 0 Å². The molecule has 1 fully saturated rings. The normalized spacial score (nSPS) is 20.1. The number of piperidine rings is 1. The summed E-state index contributed by atoms with van der Waals surface area (Å²) in [4.78, 5) is 2.29. The SMILES string of the molecule is C#CCN1CCC(NCC(C)(C)O)CC1. The Bertz CT molecular complexity index is 219. The third-order valence-corrected chi connectivity index (χ3v) is 2.73. The van der Waals surface area contributed by atoms with E-state index in [0.29, 0.717) is 12.6 Å². The van der Waals surface area contributed by atoms with Crippen LogP contribution in [0.15, 0.2) is 0 Å². The monoisotopic (exact) mass is 210 g/mol. The summed E-state index contributed by atoms with van der Waals surface area (Å²) in [6.07, 6.45) is 7.51. The number of aliphatic hydroxyl groups is 1. The minimum absolute atomic E-state index is 0.533.